The Morgan fingerprint density at radius 2 is 2.20 bits per heavy atom. The Hall–Kier alpha value is -0.160. The minimum Gasteiger partial charge on any atom is -0.393 e. The van der Waals surface area contributed by atoms with Gasteiger partial charge in [0.1, 0.15) is 0 Å². The second kappa shape index (κ2) is 7.74. The molecule has 1 aliphatic carbocycles. The highest BCUT2D eigenvalue weighted by molar-refractivity contribution is 4.88. The first kappa shape index (κ1) is 16.2. The van der Waals surface area contributed by atoms with E-state index in [4.69, 9.17) is 4.74 Å². The minimum absolute atomic E-state index is 0.0356. The van der Waals surface area contributed by atoms with Gasteiger partial charge >= 0.3 is 0 Å². The minimum atomic E-state index is -0.0356. The maximum atomic E-state index is 9.40. The van der Waals surface area contributed by atoms with Crippen molar-refractivity contribution < 1.29 is 9.84 Å². The Morgan fingerprint density at radius 1 is 1.40 bits per heavy atom. The number of ether oxygens (including phenoxy) is 1. The second-order valence-corrected chi connectivity index (χ2v) is 7.02. The third-order valence-electron chi connectivity index (χ3n) is 4.72. The number of aliphatic hydroxyl groups excluding tert-OH is 1. The summed E-state index contributed by atoms with van der Waals surface area (Å²) in [5.41, 5.74) is 0.282. The highest BCUT2D eigenvalue weighted by Gasteiger charge is 2.35. The van der Waals surface area contributed by atoms with Crippen LogP contribution in [0.4, 0.5) is 0 Å². The van der Waals surface area contributed by atoms with E-state index in [9.17, 15) is 5.11 Å². The van der Waals surface area contributed by atoms with Crippen LogP contribution in [0.1, 0.15) is 39.0 Å². The smallest absolute Gasteiger partial charge is 0.0546 e. The number of hydrogen-bond donors (Lipinski definition) is 2. The van der Waals surface area contributed by atoms with Gasteiger partial charge in [-0.25, -0.2) is 0 Å². The van der Waals surface area contributed by atoms with Crippen molar-refractivity contribution in [1.82, 2.24) is 10.2 Å². The lowest BCUT2D eigenvalue weighted by Crippen LogP contribution is -2.49. The molecule has 0 radical (unpaired) electrons. The predicted octanol–water partition coefficient (Wildman–Crippen LogP) is 1.49. The highest BCUT2D eigenvalue weighted by atomic mass is 16.5. The quantitative estimate of drug-likeness (QED) is 0.663. The van der Waals surface area contributed by atoms with Gasteiger partial charge in [-0.15, -0.1) is 0 Å². The van der Waals surface area contributed by atoms with Crippen molar-refractivity contribution in [3.63, 3.8) is 0 Å². The monoisotopic (exact) mass is 284 g/mol. The standard InChI is InChI=1S/C16H32N2O2/c1-3-6-17-11-16(5-4-7-20-13-16)12-18(2)10-14-8-15(19)9-14/h14-15,17,19H,3-13H2,1-2H3. The van der Waals surface area contributed by atoms with E-state index in [1.54, 1.807) is 0 Å². The molecule has 118 valence electrons. The van der Waals surface area contributed by atoms with Crippen LogP contribution in [0.5, 0.6) is 0 Å². The lowest BCUT2D eigenvalue weighted by molar-refractivity contribution is -0.0318. The molecule has 20 heavy (non-hydrogen) atoms. The summed E-state index contributed by atoms with van der Waals surface area (Å²) in [5, 5.41) is 13.0. The molecular weight excluding hydrogens is 252 g/mol. The molecule has 1 aliphatic heterocycles. The summed E-state index contributed by atoms with van der Waals surface area (Å²) in [4.78, 5) is 2.46. The number of hydrogen-bond acceptors (Lipinski definition) is 4. The molecule has 4 heteroatoms. The van der Waals surface area contributed by atoms with Crippen LogP contribution in [0.15, 0.2) is 0 Å². The molecule has 1 saturated carbocycles. The zero-order valence-corrected chi connectivity index (χ0v) is 13.2. The molecule has 0 bridgehead atoms. The predicted molar refractivity (Wildman–Crippen MR) is 81.9 cm³/mol. The van der Waals surface area contributed by atoms with Crippen molar-refractivity contribution in [3.8, 4) is 0 Å². The lowest BCUT2D eigenvalue weighted by atomic mass is 9.79. The summed E-state index contributed by atoms with van der Waals surface area (Å²) < 4.78 is 5.77. The molecule has 2 N–H and O–H groups in total. The summed E-state index contributed by atoms with van der Waals surface area (Å²) in [6.07, 6.45) is 5.58. The maximum Gasteiger partial charge on any atom is 0.0546 e. The molecule has 0 aromatic carbocycles. The van der Waals surface area contributed by atoms with Crippen molar-refractivity contribution in [3.05, 3.63) is 0 Å². The Bertz CT molecular complexity index is 274. The Morgan fingerprint density at radius 3 is 2.80 bits per heavy atom. The molecule has 2 rings (SSSR count). The van der Waals surface area contributed by atoms with Crippen molar-refractivity contribution in [1.29, 1.82) is 0 Å². The van der Waals surface area contributed by atoms with Gasteiger partial charge in [-0.1, -0.05) is 6.92 Å². The van der Waals surface area contributed by atoms with Crippen molar-refractivity contribution >= 4 is 0 Å². The molecular formula is C16H32N2O2. The fraction of sp³-hybridized carbons (Fsp3) is 1.00. The van der Waals surface area contributed by atoms with E-state index >= 15 is 0 Å². The van der Waals surface area contributed by atoms with Crippen LogP contribution in [-0.4, -0.2) is 62.6 Å². The average molecular weight is 284 g/mol. The summed E-state index contributed by atoms with van der Waals surface area (Å²) >= 11 is 0. The zero-order chi connectivity index (χ0) is 14.4. The van der Waals surface area contributed by atoms with Crippen LogP contribution in [0.25, 0.3) is 0 Å². The van der Waals surface area contributed by atoms with E-state index in [0.717, 1.165) is 52.2 Å². The number of aliphatic hydroxyl groups is 1. The molecule has 1 saturated heterocycles. The summed E-state index contributed by atoms with van der Waals surface area (Å²) in [7, 11) is 2.22. The third kappa shape index (κ3) is 4.69. The van der Waals surface area contributed by atoms with Gasteiger partial charge in [0.2, 0.25) is 0 Å². The molecule has 1 unspecified atom stereocenters. The lowest BCUT2D eigenvalue weighted by Gasteiger charge is -2.42. The van der Waals surface area contributed by atoms with E-state index in [2.05, 4.69) is 24.2 Å². The normalized spacial score (nSPS) is 34.2. The third-order valence-corrected chi connectivity index (χ3v) is 4.72. The summed E-state index contributed by atoms with van der Waals surface area (Å²) in [5.74, 6) is 0.695. The van der Waals surface area contributed by atoms with E-state index in [1.807, 2.05) is 0 Å². The average Bonchev–Trinajstić information content (AvgIpc) is 2.38. The first-order chi connectivity index (χ1) is 9.63. The Labute approximate surface area is 123 Å². The second-order valence-electron chi connectivity index (χ2n) is 7.02. The van der Waals surface area contributed by atoms with E-state index in [-0.39, 0.29) is 11.5 Å². The first-order valence-electron chi connectivity index (χ1n) is 8.28. The van der Waals surface area contributed by atoms with Crippen molar-refractivity contribution in [2.24, 2.45) is 11.3 Å². The molecule has 0 amide bonds. The number of nitrogens with one attached hydrogen (secondary N) is 1. The maximum absolute atomic E-state index is 9.40. The highest BCUT2D eigenvalue weighted by Crippen LogP contribution is 2.31. The van der Waals surface area contributed by atoms with E-state index in [1.165, 1.54) is 19.3 Å². The van der Waals surface area contributed by atoms with Crippen LogP contribution in [-0.2, 0) is 4.74 Å². The molecule has 2 aliphatic rings. The first-order valence-corrected chi connectivity index (χ1v) is 8.28. The Kier molecular flexibility index (Phi) is 6.27. The van der Waals surface area contributed by atoms with Crippen molar-refractivity contribution in [2.75, 3.05) is 46.4 Å². The number of rotatable bonds is 8. The molecule has 2 fully saturated rings. The van der Waals surface area contributed by atoms with Crippen LogP contribution < -0.4 is 5.32 Å². The van der Waals surface area contributed by atoms with Gasteiger partial charge in [0.15, 0.2) is 0 Å². The van der Waals surface area contributed by atoms with Crippen LogP contribution in [0.3, 0.4) is 0 Å². The molecule has 0 aromatic rings. The van der Waals surface area contributed by atoms with Crippen molar-refractivity contribution in [2.45, 2.75) is 45.1 Å². The molecule has 1 heterocycles. The van der Waals surface area contributed by atoms with Gasteiger partial charge in [-0.2, -0.15) is 0 Å². The number of nitrogens with zero attached hydrogens (tertiary/aromatic N) is 1. The topological polar surface area (TPSA) is 44.7 Å². The van der Waals surface area contributed by atoms with E-state index in [0.29, 0.717) is 5.92 Å². The molecule has 1 atom stereocenters. The molecule has 0 spiro atoms. The van der Waals surface area contributed by atoms with Crippen LogP contribution in [0, 0.1) is 11.3 Å². The largest absolute Gasteiger partial charge is 0.393 e. The summed E-state index contributed by atoms with van der Waals surface area (Å²) in [6, 6.07) is 0. The van der Waals surface area contributed by atoms with Gasteiger partial charge in [-0.3, -0.25) is 0 Å². The van der Waals surface area contributed by atoms with Gasteiger partial charge in [0.25, 0.3) is 0 Å². The van der Waals surface area contributed by atoms with Gasteiger partial charge < -0.3 is 20.1 Å². The van der Waals surface area contributed by atoms with Gasteiger partial charge in [0.05, 0.1) is 12.7 Å². The SMILES string of the molecule is CCCNCC1(CN(C)CC2CC(O)C2)CCCOC1. The van der Waals surface area contributed by atoms with Gasteiger partial charge in [-0.05, 0) is 51.6 Å². The Balaban J connectivity index is 1.79. The van der Waals surface area contributed by atoms with Crippen LogP contribution >= 0.6 is 0 Å². The molecule has 4 nitrogen and oxygen atoms in total. The summed E-state index contributed by atoms with van der Waals surface area (Å²) in [6.45, 7) is 8.42. The molecule has 0 aromatic heterocycles. The van der Waals surface area contributed by atoms with E-state index < -0.39 is 0 Å². The fourth-order valence-electron chi connectivity index (χ4n) is 3.69. The van der Waals surface area contributed by atoms with Crippen LogP contribution in [0.2, 0.25) is 0 Å². The fourth-order valence-corrected chi connectivity index (χ4v) is 3.69. The van der Waals surface area contributed by atoms with Gasteiger partial charge in [0, 0.05) is 31.7 Å². The zero-order valence-electron chi connectivity index (χ0n) is 13.2.